The number of carbonyl (C=O) groups excluding carboxylic acids is 1. The second kappa shape index (κ2) is 7.33. The lowest BCUT2D eigenvalue weighted by Crippen LogP contribution is -2.44. The first kappa shape index (κ1) is 17.6. The smallest absolute Gasteiger partial charge is 0.317 e. The van der Waals surface area contributed by atoms with Gasteiger partial charge in [-0.25, -0.2) is 4.79 Å². The van der Waals surface area contributed by atoms with Crippen LogP contribution < -0.4 is 10.2 Å². The van der Waals surface area contributed by atoms with Gasteiger partial charge in [-0.05, 0) is 44.2 Å². The second-order valence-electron chi connectivity index (χ2n) is 7.49. The van der Waals surface area contributed by atoms with E-state index in [2.05, 4.69) is 34.5 Å². The lowest BCUT2D eigenvalue weighted by Gasteiger charge is -2.34. The summed E-state index contributed by atoms with van der Waals surface area (Å²) in [6, 6.07) is 10.3. The molecule has 1 atom stereocenters. The monoisotopic (exact) mass is 345 g/mol. The van der Waals surface area contributed by atoms with Crippen molar-refractivity contribution in [2.24, 2.45) is 11.3 Å². The van der Waals surface area contributed by atoms with E-state index in [4.69, 9.17) is 0 Å². The highest BCUT2D eigenvalue weighted by Crippen LogP contribution is 2.30. The Morgan fingerprint density at radius 2 is 1.88 bits per heavy atom. The summed E-state index contributed by atoms with van der Waals surface area (Å²) in [4.78, 5) is 27.6. The van der Waals surface area contributed by atoms with Crippen LogP contribution in [0.2, 0.25) is 0 Å². The van der Waals surface area contributed by atoms with E-state index in [1.54, 1.807) is 11.8 Å². The Balaban J connectivity index is 1.41. The molecule has 0 aromatic heterocycles. The number of aliphatic carboxylic acids is 1. The van der Waals surface area contributed by atoms with Crippen molar-refractivity contribution in [3.05, 3.63) is 30.3 Å². The molecule has 25 heavy (non-hydrogen) atoms. The summed E-state index contributed by atoms with van der Waals surface area (Å²) in [6.45, 7) is 5.20. The third kappa shape index (κ3) is 4.06. The summed E-state index contributed by atoms with van der Waals surface area (Å²) in [6.07, 6.45) is 2.63. The van der Waals surface area contributed by atoms with Gasteiger partial charge in [-0.1, -0.05) is 18.2 Å². The van der Waals surface area contributed by atoms with Crippen LogP contribution in [0.4, 0.5) is 10.5 Å². The van der Waals surface area contributed by atoms with Gasteiger partial charge in [0.25, 0.3) is 0 Å². The summed E-state index contributed by atoms with van der Waals surface area (Å²) in [5.74, 6) is -0.339. The molecule has 3 rings (SSSR count). The number of para-hydroxylation sites is 1. The van der Waals surface area contributed by atoms with Gasteiger partial charge in [0, 0.05) is 38.4 Å². The molecule has 0 aliphatic carbocycles. The van der Waals surface area contributed by atoms with Crippen LogP contribution in [0.1, 0.15) is 26.2 Å². The fraction of sp³-hybridized carbons (Fsp3) is 0.579. The van der Waals surface area contributed by atoms with Crippen molar-refractivity contribution >= 4 is 17.7 Å². The maximum absolute atomic E-state index is 12.3. The van der Waals surface area contributed by atoms with Gasteiger partial charge in [-0.15, -0.1) is 0 Å². The average Bonchev–Trinajstić information content (AvgIpc) is 3.05. The minimum absolute atomic E-state index is 0.129. The van der Waals surface area contributed by atoms with Crippen LogP contribution in [-0.2, 0) is 4.79 Å². The summed E-state index contributed by atoms with van der Waals surface area (Å²) >= 11 is 0. The van der Waals surface area contributed by atoms with Gasteiger partial charge < -0.3 is 20.2 Å². The molecule has 2 N–H and O–H groups in total. The molecule has 2 amide bonds. The number of hydrogen-bond donors (Lipinski definition) is 2. The molecule has 0 bridgehead atoms. The predicted octanol–water partition coefficient (Wildman–Crippen LogP) is 2.41. The molecular weight excluding hydrogens is 318 g/mol. The summed E-state index contributed by atoms with van der Waals surface area (Å²) < 4.78 is 0. The number of urea groups is 1. The molecular formula is C19H27N3O3. The molecule has 0 spiro atoms. The normalized spacial score (nSPS) is 24.4. The van der Waals surface area contributed by atoms with Crippen molar-refractivity contribution in [2.45, 2.75) is 26.2 Å². The van der Waals surface area contributed by atoms with Crippen LogP contribution in [0.5, 0.6) is 0 Å². The fourth-order valence-electron chi connectivity index (χ4n) is 3.69. The maximum atomic E-state index is 12.3. The highest BCUT2D eigenvalue weighted by molar-refractivity contribution is 5.79. The zero-order chi connectivity index (χ0) is 17.9. The van der Waals surface area contributed by atoms with Gasteiger partial charge in [0.2, 0.25) is 0 Å². The molecule has 0 radical (unpaired) electrons. The minimum Gasteiger partial charge on any atom is -0.481 e. The average molecular weight is 345 g/mol. The van der Waals surface area contributed by atoms with E-state index < -0.39 is 11.4 Å². The van der Waals surface area contributed by atoms with Crippen molar-refractivity contribution in [2.75, 3.05) is 37.6 Å². The van der Waals surface area contributed by atoms with Gasteiger partial charge in [-0.3, -0.25) is 4.79 Å². The number of nitrogens with one attached hydrogen (secondary N) is 1. The van der Waals surface area contributed by atoms with Crippen LogP contribution in [0.25, 0.3) is 0 Å². The number of hydrogen-bond acceptors (Lipinski definition) is 3. The molecule has 1 aromatic rings. The van der Waals surface area contributed by atoms with E-state index >= 15 is 0 Å². The van der Waals surface area contributed by atoms with Gasteiger partial charge in [0.15, 0.2) is 0 Å². The van der Waals surface area contributed by atoms with Crippen LogP contribution in [0.15, 0.2) is 30.3 Å². The number of rotatable bonds is 4. The Kier molecular flexibility index (Phi) is 5.16. The molecule has 0 saturated carbocycles. The standard InChI is InChI=1S/C19H27N3O3/c1-19(17(23)24)9-12-22(14-19)18(25)20-13-15-7-10-21(11-8-15)16-5-3-2-4-6-16/h2-6,15H,7-14H2,1H3,(H,20,25)(H,23,24). The SMILES string of the molecule is CC1(C(=O)O)CCN(C(=O)NCC2CCN(c3ccccc3)CC2)C1. The Morgan fingerprint density at radius 1 is 1.20 bits per heavy atom. The maximum Gasteiger partial charge on any atom is 0.317 e. The fourth-order valence-corrected chi connectivity index (χ4v) is 3.69. The van der Waals surface area contributed by atoms with Crippen molar-refractivity contribution in [1.29, 1.82) is 0 Å². The first-order valence-electron chi connectivity index (χ1n) is 9.04. The highest BCUT2D eigenvalue weighted by atomic mass is 16.4. The number of anilines is 1. The number of benzene rings is 1. The van der Waals surface area contributed by atoms with E-state index in [1.165, 1.54) is 5.69 Å². The molecule has 2 saturated heterocycles. The van der Waals surface area contributed by atoms with E-state index in [9.17, 15) is 14.7 Å². The molecule has 2 fully saturated rings. The number of carbonyl (C=O) groups is 2. The van der Waals surface area contributed by atoms with Gasteiger partial charge in [0.1, 0.15) is 0 Å². The zero-order valence-corrected chi connectivity index (χ0v) is 14.8. The number of likely N-dealkylation sites (tertiary alicyclic amines) is 1. The topological polar surface area (TPSA) is 72.9 Å². The number of nitrogens with zero attached hydrogens (tertiary/aromatic N) is 2. The molecule has 1 aromatic carbocycles. The Labute approximate surface area is 148 Å². The van der Waals surface area contributed by atoms with Gasteiger partial charge in [0.05, 0.1) is 5.41 Å². The van der Waals surface area contributed by atoms with E-state index in [1.807, 2.05) is 6.07 Å². The molecule has 2 aliphatic rings. The van der Waals surface area contributed by atoms with E-state index in [-0.39, 0.29) is 6.03 Å². The predicted molar refractivity (Wildman–Crippen MR) is 96.7 cm³/mol. The lowest BCUT2D eigenvalue weighted by atomic mass is 9.90. The third-order valence-corrected chi connectivity index (χ3v) is 5.55. The van der Waals surface area contributed by atoms with Gasteiger partial charge in [-0.2, -0.15) is 0 Å². The molecule has 6 nitrogen and oxygen atoms in total. The first-order valence-corrected chi connectivity index (χ1v) is 9.04. The zero-order valence-electron chi connectivity index (χ0n) is 14.8. The lowest BCUT2D eigenvalue weighted by molar-refractivity contribution is -0.147. The summed E-state index contributed by atoms with van der Waals surface area (Å²) in [5.41, 5.74) is 0.452. The molecule has 136 valence electrons. The van der Waals surface area contributed by atoms with Crippen LogP contribution in [-0.4, -0.2) is 54.7 Å². The molecule has 2 aliphatic heterocycles. The third-order valence-electron chi connectivity index (χ3n) is 5.55. The summed E-state index contributed by atoms with van der Waals surface area (Å²) in [7, 11) is 0. The molecule has 1 unspecified atom stereocenters. The number of amides is 2. The largest absolute Gasteiger partial charge is 0.481 e. The molecule has 2 heterocycles. The van der Waals surface area contributed by atoms with Crippen molar-refractivity contribution < 1.29 is 14.7 Å². The van der Waals surface area contributed by atoms with Crippen LogP contribution in [0.3, 0.4) is 0 Å². The quantitative estimate of drug-likeness (QED) is 0.879. The number of carboxylic acid groups (broad SMARTS) is 1. The van der Waals surface area contributed by atoms with Crippen molar-refractivity contribution in [3.8, 4) is 0 Å². The van der Waals surface area contributed by atoms with Crippen LogP contribution >= 0.6 is 0 Å². The number of carboxylic acids is 1. The van der Waals surface area contributed by atoms with Crippen molar-refractivity contribution in [3.63, 3.8) is 0 Å². The van der Waals surface area contributed by atoms with Gasteiger partial charge >= 0.3 is 12.0 Å². The highest BCUT2D eigenvalue weighted by Gasteiger charge is 2.42. The Hall–Kier alpha value is -2.24. The van der Waals surface area contributed by atoms with E-state index in [0.717, 1.165) is 25.9 Å². The summed E-state index contributed by atoms with van der Waals surface area (Å²) in [5, 5.41) is 12.3. The number of piperidine rings is 1. The minimum atomic E-state index is -0.823. The first-order chi connectivity index (χ1) is 12.0. The van der Waals surface area contributed by atoms with E-state index in [0.29, 0.717) is 32.0 Å². The Bertz CT molecular complexity index is 614. The Morgan fingerprint density at radius 3 is 2.48 bits per heavy atom. The second-order valence-corrected chi connectivity index (χ2v) is 7.49. The van der Waals surface area contributed by atoms with Crippen LogP contribution in [0, 0.1) is 11.3 Å². The molecule has 6 heteroatoms. The van der Waals surface area contributed by atoms with Crippen molar-refractivity contribution in [1.82, 2.24) is 10.2 Å².